The SMILES string of the molecule is Cc1nc2ccccc2c(=O)n1/N=C/c1ccc(OC(=O)c2cc([N+](=O)[O-])cc([N+](=O)[O-])c2)cc1. The van der Waals surface area contributed by atoms with E-state index in [0.717, 1.165) is 18.2 Å². The molecule has 1 aromatic heterocycles. The van der Waals surface area contributed by atoms with E-state index in [-0.39, 0.29) is 16.9 Å². The highest BCUT2D eigenvalue weighted by atomic mass is 16.6. The van der Waals surface area contributed by atoms with Gasteiger partial charge in [0.1, 0.15) is 11.6 Å². The first kappa shape index (κ1) is 22.9. The summed E-state index contributed by atoms with van der Waals surface area (Å²) in [5.74, 6) is -0.494. The molecule has 174 valence electrons. The molecule has 0 atom stereocenters. The summed E-state index contributed by atoms with van der Waals surface area (Å²) in [6.07, 6.45) is 1.43. The quantitative estimate of drug-likeness (QED) is 0.135. The number of aryl methyl sites for hydroxylation is 1. The summed E-state index contributed by atoms with van der Waals surface area (Å²) in [5, 5.41) is 26.6. The van der Waals surface area contributed by atoms with Gasteiger partial charge in [0.25, 0.3) is 16.9 Å². The van der Waals surface area contributed by atoms with E-state index in [0.29, 0.717) is 22.3 Å². The highest BCUT2D eigenvalue weighted by Gasteiger charge is 2.21. The molecular formula is C23H15N5O7. The Bertz CT molecular complexity index is 1540. The summed E-state index contributed by atoms with van der Waals surface area (Å²) in [5.41, 5.74) is -0.717. The predicted molar refractivity (Wildman–Crippen MR) is 125 cm³/mol. The van der Waals surface area contributed by atoms with Crippen LogP contribution in [0.3, 0.4) is 0 Å². The number of benzene rings is 3. The highest BCUT2D eigenvalue weighted by Crippen LogP contribution is 2.24. The number of hydrogen-bond acceptors (Lipinski definition) is 9. The van der Waals surface area contributed by atoms with Gasteiger partial charge >= 0.3 is 5.97 Å². The van der Waals surface area contributed by atoms with Crippen LogP contribution in [-0.2, 0) is 0 Å². The number of nitrogens with zero attached hydrogens (tertiary/aromatic N) is 5. The third-order valence-electron chi connectivity index (χ3n) is 4.89. The summed E-state index contributed by atoms with van der Waals surface area (Å²) >= 11 is 0. The number of rotatable bonds is 6. The average molecular weight is 473 g/mol. The molecule has 3 aromatic carbocycles. The van der Waals surface area contributed by atoms with Gasteiger partial charge in [-0.15, -0.1) is 0 Å². The van der Waals surface area contributed by atoms with Gasteiger partial charge in [0, 0.05) is 12.1 Å². The molecule has 0 saturated carbocycles. The second-order valence-corrected chi connectivity index (χ2v) is 7.25. The number of carbonyl (C=O) groups is 1. The Morgan fingerprint density at radius 2 is 1.63 bits per heavy atom. The van der Waals surface area contributed by atoms with E-state index in [2.05, 4.69) is 10.1 Å². The molecule has 0 aliphatic carbocycles. The second-order valence-electron chi connectivity index (χ2n) is 7.25. The van der Waals surface area contributed by atoms with Gasteiger partial charge in [-0.3, -0.25) is 25.0 Å². The van der Waals surface area contributed by atoms with Crippen LogP contribution in [-0.4, -0.2) is 31.7 Å². The van der Waals surface area contributed by atoms with Crippen LogP contribution in [0.1, 0.15) is 21.7 Å². The van der Waals surface area contributed by atoms with Crippen molar-refractivity contribution in [1.82, 2.24) is 9.66 Å². The molecule has 0 N–H and O–H groups in total. The monoisotopic (exact) mass is 473 g/mol. The Labute approximate surface area is 196 Å². The van der Waals surface area contributed by atoms with E-state index >= 15 is 0 Å². The summed E-state index contributed by atoms with van der Waals surface area (Å²) < 4.78 is 6.35. The maximum atomic E-state index is 12.7. The zero-order chi connectivity index (χ0) is 25.1. The van der Waals surface area contributed by atoms with Crippen LogP contribution >= 0.6 is 0 Å². The maximum absolute atomic E-state index is 12.7. The number of aromatic nitrogens is 2. The van der Waals surface area contributed by atoms with Crippen molar-refractivity contribution >= 4 is 34.5 Å². The number of ether oxygens (including phenoxy) is 1. The molecule has 12 nitrogen and oxygen atoms in total. The molecule has 0 saturated heterocycles. The van der Waals surface area contributed by atoms with Gasteiger partial charge in [-0.05, 0) is 48.9 Å². The van der Waals surface area contributed by atoms with Gasteiger partial charge in [0.2, 0.25) is 0 Å². The molecule has 0 unspecified atom stereocenters. The van der Waals surface area contributed by atoms with E-state index in [1.807, 2.05) is 0 Å². The number of fused-ring (bicyclic) bond motifs is 1. The molecule has 4 aromatic rings. The molecular weight excluding hydrogens is 458 g/mol. The Morgan fingerprint density at radius 1 is 1.00 bits per heavy atom. The van der Waals surface area contributed by atoms with Crippen LogP contribution < -0.4 is 10.3 Å². The molecule has 0 amide bonds. The third kappa shape index (κ3) is 4.90. The van der Waals surface area contributed by atoms with Crippen molar-refractivity contribution in [3.05, 3.63) is 114 Å². The number of nitro benzene ring substituents is 2. The average Bonchev–Trinajstić information content (AvgIpc) is 2.84. The normalized spacial score (nSPS) is 11.0. The molecule has 0 spiro atoms. The molecule has 0 aliphatic rings. The number of esters is 1. The van der Waals surface area contributed by atoms with Crippen molar-refractivity contribution in [2.24, 2.45) is 5.10 Å². The van der Waals surface area contributed by atoms with E-state index in [1.165, 1.54) is 23.0 Å². The van der Waals surface area contributed by atoms with E-state index in [4.69, 9.17) is 4.74 Å². The third-order valence-corrected chi connectivity index (χ3v) is 4.89. The zero-order valence-corrected chi connectivity index (χ0v) is 18.0. The van der Waals surface area contributed by atoms with Crippen molar-refractivity contribution in [1.29, 1.82) is 0 Å². The topological polar surface area (TPSA) is 160 Å². The molecule has 0 aliphatic heterocycles. The Morgan fingerprint density at radius 3 is 2.26 bits per heavy atom. The van der Waals surface area contributed by atoms with Crippen LogP contribution in [0.2, 0.25) is 0 Å². The van der Waals surface area contributed by atoms with Crippen LogP contribution in [0, 0.1) is 27.2 Å². The zero-order valence-electron chi connectivity index (χ0n) is 18.0. The molecule has 0 fully saturated rings. The molecule has 1 heterocycles. The van der Waals surface area contributed by atoms with E-state index < -0.39 is 27.2 Å². The van der Waals surface area contributed by atoms with Crippen molar-refractivity contribution in [3.63, 3.8) is 0 Å². The van der Waals surface area contributed by atoms with Gasteiger partial charge in [0.05, 0.1) is 38.6 Å². The Hall–Kier alpha value is -5.26. The maximum Gasteiger partial charge on any atom is 0.344 e. The second kappa shape index (κ2) is 9.31. The largest absolute Gasteiger partial charge is 0.423 e. The number of para-hydroxylation sites is 1. The summed E-state index contributed by atoms with van der Waals surface area (Å²) in [6, 6.07) is 15.5. The predicted octanol–water partition coefficient (Wildman–Crippen LogP) is 3.62. The van der Waals surface area contributed by atoms with E-state index in [9.17, 15) is 29.8 Å². The fraction of sp³-hybridized carbons (Fsp3) is 0.0435. The van der Waals surface area contributed by atoms with Crippen LogP contribution in [0.5, 0.6) is 5.75 Å². The summed E-state index contributed by atoms with van der Waals surface area (Å²) in [6.45, 7) is 1.66. The lowest BCUT2D eigenvalue weighted by Crippen LogP contribution is -2.20. The van der Waals surface area contributed by atoms with Gasteiger partial charge in [-0.1, -0.05) is 12.1 Å². The van der Waals surface area contributed by atoms with Crippen molar-refractivity contribution in [2.45, 2.75) is 6.92 Å². The fourth-order valence-corrected chi connectivity index (χ4v) is 3.21. The van der Waals surface area contributed by atoms with Gasteiger partial charge in [-0.25, -0.2) is 9.78 Å². The molecule has 0 radical (unpaired) electrons. The van der Waals surface area contributed by atoms with Crippen molar-refractivity contribution in [2.75, 3.05) is 0 Å². The first-order valence-electron chi connectivity index (χ1n) is 10.0. The molecule has 0 bridgehead atoms. The summed E-state index contributed by atoms with van der Waals surface area (Å²) in [7, 11) is 0. The van der Waals surface area contributed by atoms with Crippen LogP contribution in [0.15, 0.2) is 76.6 Å². The Balaban J connectivity index is 1.53. The minimum atomic E-state index is -0.998. The Kier molecular flexibility index (Phi) is 6.10. The number of carbonyl (C=O) groups excluding carboxylic acids is 1. The van der Waals surface area contributed by atoms with Gasteiger partial charge < -0.3 is 4.74 Å². The highest BCUT2D eigenvalue weighted by molar-refractivity contribution is 5.92. The van der Waals surface area contributed by atoms with Gasteiger partial charge in [-0.2, -0.15) is 9.78 Å². The minimum Gasteiger partial charge on any atom is -0.423 e. The van der Waals surface area contributed by atoms with Crippen LogP contribution in [0.25, 0.3) is 10.9 Å². The lowest BCUT2D eigenvalue weighted by molar-refractivity contribution is -0.394. The lowest BCUT2D eigenvalue weighted by atomic mass is 10.1. The van der Waals surface area contributed by atoms with Gasteiger partial charge in [0.15, 0.2) is 0 Å². The summed E-state index contributed by atoms with van der Waals surface area (Å²) in [4.78, 5) is 49.8. The minimum absolute atomic E-state index is 0.0991. The van der Waals surface area contributed by atoms with Crippen molar-refractivity contribution < 1.29 is 19.4 Å². The smallest absolute Gasteiger partial charge is 0.344 e. The van der Waals surface area contributed by atoms with Crippen molar-refractivity contribution in [3.8, 4) is 5.75 Å². The van der Waals surface area contributed by atoms with Crippen LogP contribution in [0.4, 0.5) is 11.4 Å². The standard InChI is InChI=1S/C23H15N5O7/c1-14-25-21-5-3-2-4-20(21)22(29)26(14)24-13-15-6-8-19(9-7-15)35-23(30)16-10-17(27(31)32)12-18(11-16)28(33)34/h2-13H,1H3/b24-13+. The molecule has 35 heavy (non-hydrogen) atoms. The fourth-order valence-electron chi connectivity index (χ4n) is 3.21. The number of hydrogen-bond donors (Lipinski definition) is 0. The number of non-ortho nitro benzene ring substituents is 2. The van der Waals surface area contributed by atoms with E-state index in [1.54, 1.807) is 43.3 Å². The molecule has 12 heteroatoms. The lowest BCUT2D eigenvalue weighted by Gasteiger charge is -2.06. The first-order valence-corrected chi connectivity index (χ1v) is 10.0. The molecule has 4 rings (SSSR count). The number of nitro groups is 2. The first-order chi connectivity index (χ1) is 16.7.